The first-order valence-electron chi connectivity index (χ1n) is 6.21. The number of halogens is 3. The summed E-state index contributed by atoms with van der Waals surface area (Å²) in [6.45, 7) is 2.70. The molecule has 108 valence electrons. The van der Waals surface area contributed by atoms with E-state index in [9.17, 15) is 8.78 Å². The van der Waals surface area contributed by atoms with Crippen LogP contribution in [-0.2, 0) is 5.92 Å². The second-order valence-electron chi connectivity index (χ2n) is 4.84. The number of rotatable bonds is 2. The molecular weight excluding hydrogens is 298 g/mol. The van der Waals surface area contributed by atoms with Crippen LogP contribution in [0.25, 0.3) is 16.9 Å². The Morgan fingerprint density at radius 2 is 2.05 bits per heavy atom. The first-order chi connectivity index (χ1) is 9.86. The van der Waals surface area contributed by atoms with E-state index in [-0.39, 0.29) is 11.6 Å². The van der Waals surface area contributed by atoms with E-state index < -0.39 is 5.92 Å². The van der Waals surface area contributed by atoms with E-state index in [0.717, 1.165) is 23.4 Å². The summed E-state index contributed by atoms with van der Waals surface area (Å²) < 4.78 is 28.4. The Labute approximate surface area is 124 Å². The van der Waals surface area contributed by atoms with Crippen LogP contribution in [0.3, 0.4) is 0 Å². The summed E-state index contributed by atoms with van der Waals surface area (Å²) >= 11 is 5.91. The lowest BCUT2D eigenvalue weighted by atomic mass is 10.2. The Kier molecular flexibility index (Phi) is 3.13. The molecule has 0 aromatic carbocycles. The first kappa shape index (κ1) is 13.9. The van der Waals surface area contributed by atoms with Crippen molar-refractivity contribution in [3.8, 4) is 5.95 Å². The van der Waals surface area contributed by atoms with Crippen LogP contribution in [0.15, 0.2) is 30.7 Å². The Hall–Kier alpha value is -2.08. The number of aryl methyl sites for hydroxylation is 1. The van der Waals surface area contributed by atoms with Gasteiger partial charge in [0, 0.05) is 37.0 Å². The highest BCUT2D eigenvalue weighted by atomic mass is 35.5. The summed E-state index contributed by atoms with van der Waals surface area (Å²) in [5.41, 5.74) is 1.34. The van der Waals surface area contributed by atoms with E-state index in [4.69, 9.17) is 11.6 Å². The van der Waals surface area contributed by atoms with E-state index in [0.29, 0.717) is 5.15 Å². The third-order valence-corrected chi connectivity index (χ3v) is 3.37. The molecule has 0 amide bonds. The van der Waals surface area contributed by atoms with Crippen LogP contribution in [0.1, 0.15) is 18.2 Å². The predicted octanol–water partition coefficient (Wildman–Crippen LogP) is 3.89. The summed E-state index contributed by atoms with van der Waals surface area (Å²) in [4.78, 5) is 12.0. The molecule has 3 heterocycles. The fraction of sp³-hybridized carbons (Fsp3) is 0.214. The summed E-state index contributed by atoms with van der Waals surface area (Å²) in [6.07, 6.45) is 4.73. The molecular formula is C14H11ClF2N4. The number of pyridine rings is 1. The van der Waals surface area contributed by atoms with Crippen LogP contribution in [0.5, 0.6) is 0 Å². The van der Waals surface area contributed by atoms with Gasteiger partial charge in [0.05, 0.1) is 5.52 Å². The number of fused-ring (bicyclic) bond motifs is 1. The lowest BCUT2D eigenvalue weighted by Gasteiger charge is -2.11. The fourth-order valence-electron chi connectivity index (χ4n) is 2.13. The Bertz CT molecular complexity index is 823. The summed E-state index contributed by atoms with van der Waals surface area (Å²) in [6, 6.07) is 2.86. The van der Waals surface area contributed by atoms with E-state index >= 15 is 0 Å². The number of aromatic nitrogens is 4. The molecule has 0 aliphatic heterocycles. The maximum absolute atomic E-state index is 13.4. The minimum atomic E-state index is -3.02. The van der Waals surface area contributed by atoms with Crippen molar-refractivity contribution < 1.29 is 8.78 Å². The zero-order valence-corrected chi connectivity index (χ0v) is 12.1. The molecule has 0 saturated heterocycles. The van der Waals surface area contributed by atoms with Crippen molar-refractivity contribution in [2.45, 2.75) is 19.8 Å². The molecule has 3 rings (SSSR count). The second kappa shape index (κ2) is 4.73. The molecule has 0 atom stereocenters. The van der Waals surface area contributed by atoms with Crippen molar-refractivity contribution in [1.29, 1.82) is 0 Å². The van der Waals surface area contributed by atoms with Crippen molar-refractivity contribution in [2.75, 3.05) is 0 Å². The maximum atomic E-state index is 13.4. The molecule has 0 spiro atoms. The van der Waals surface area contributed by atoms with Gasteiger partial charge in [-0.1, -0.05) is 11.6 Å². The minimum Gasteiger partial charge on any atom is -0.285 e. The van der Waals surface area contributed by atoms with E-state index in [1.165, 1.54) is 12.3 Å². The van der Waals surface area contributed by atoms with Gasteiger partial charge < -0.3 is 0 Å². The highest BCUT2D eigenvalue weighted by Gasteiger charge is 2.27. The van der Waals surface area contributed by atoms with Crippen LogP contribution in [-0.4, -0.2) is 19.5 Å². The molecule has 3 aromatic heterocycles. The maximum Gasteiger partial charge on any atom is 0.287 e. The van der Waals surface area contributed by atoms with Gasteiger partial charge in [-0.2, -0.15) is 8.78 Å². The lowest BCUT2D eigenvalue weighted by molar-refractivity contribution is 0.0126. The Morgan fingerprint density at radius 1 is 1.29 bits per heavy atom. The van der Waals surface area contributed by atoms with Crippen molar-refractivity contribution in [3.63, 3.8) is 0 Å². The molecule has 0 bridgehead atoms. The molecule has 21 heavy (non-hydrogen) atoms. The molecule has 0 aliphatic rings. The van der Waals surface area contributed by atoms with Crippen LogP contribution >= 0.6 is 11.6 Å². The fourth-order valence-corrected chi connectivity index (χ4v) is 2.28. The molecule has 0 radical (unpaired) electrons. The van der Waals surface area contributed by atoms with Crippen molar-refractivity contribution in [1.82, 2.24) is 19.5 Å². The van der Waals surface area contributed by atoms with Gasteiger partial charge in [0.2, 0.25) is 5.95 Å². The number of hydrogen-bond donors (Lipinski definition) is 0. The molecule has 4 nitrogen and oxygen atoms in total. The molecule has 0 N–H and O–H groups in total. The molecule has 3 aromatic rings. The third kappa shape index (κ3) is 2.47. The largest absolute Gasteiger partial charge is 0.287 e. The van der Waals surface area contributed by atoms with Crippen LogP contribution in [0.4, 0.5) is 8.78 Å². The van der Waals surface area contributed by atoms with Crippen LogP contribution < -0.4 is 0 Å². The quantitative estimate of drug-likeness (QED) is 0.675. The van der Waals surface area contributed by atoms with Gasteiger partial charge in [0.1, 0.15) is 10.8 Å². The highest BCUT2D eigenvalue weighted by Crippen LogP contribution is 2.27. The van der Waals surface area contributed by atoms with Crippen molar-refractivity contribution in [2.24, 2.45) is 0 Å². The van der Waals surface area contributed by atoms with Gasteiger partial charge in [0.15, 0.2) is 0 Å². The smallest absolute Gasteiger partial charge is 0.285 e. The average molecular weight is 309 g/mol. The van der Waals surface area contributed by atoms with Gasteiger partial charge in [-0.05, 0) is 18.6 Å². The zero-order valence-electron chi connectivity index (χ0n) is 11.3. The standard InChI is InChI=1S/C14H11ClF2N4/c1-8-7-21(10-5-12(15)19-6-9(8)10)13-18-4-3-11(20-13)14(2,16)17/h3-7H,1-2H3. The van der Waals surface area contributed by atoms with Gasteiger partial charge in [0.25, 0.3) is 5.92 Å². The van der Waals surface area contributed by atoms with Crippen molar-refractivity contribution >= 4 is 22.5 Å². The topological polar surface area (TPSA) is 43.6 Å². The average Bonchev–Trinajstić information content (AvgIpc) is 2.75. The van der Waals surface area contributed by atoms with E-state index in [1.54, 1.807) is 23.0 Å². The number of nitrogens with zero attached hydrogens (tertiary/aromatic N) is 4. The number of alkyl halides is 2. The normalized spacial score (nSPS) is 12.0. The minimum absolute atomic E-state index is 0.175. The van der Waals surface area contributed by atoms with Gasteiger partial charge in [-0.25, -0.2) is 15.0 Å². The molecule has 0 saturated carbocycles. The summed E-state index contributed by atoms with van der Waals surface area (Å²) in [5, 5.41) is 1.19. The third-order valence-electron chi connectivity index (χ3n) is 3.16. The van der Waals surface area contributed by atoms with Gasteiger partial charge in [-0.15, -0.1) is 0 Å². The summed E-state index contributed by atoms with van der Waals surface area (Å²) in [5.74, 6) is -2.84. The molecule has 0 unspecified atom stereocenters. The van der Waals surface area contributed by atoms with Gasteiger partial charge in [-0.3, -0.25) is 4.57 Å². The van der Waals surface area contributed by atoms with E-state index in [1.807, 2.05) is 6.92 Å². The first-order valence-corrected chi connectivity index (χ1v) is 6.59. The SMILES string of the molecule is Cc1cn(-c2nccc(C(C)(F)F)n2)c2cc(Cl)ncc12. The van der Waals surface area contributed by atoms with Gasteiger partial charge >= 0.3 is 0 Å². The molecule has 7 heteroatoms. The number of hydrogen-bond acceptors (Lipinski definition) is 3. The van der Waals surface area contributed by atoms with Crippen LogP contribution in [0.2, 0.25) is 5.15 Å². The Morgan fingerprint density at radius 3 is 2.76 bits per heavy atom. The molecule has 0 fully saturated rings. The second-order valence-corrected chi connectivity index (χ2v) is 5.22. The summed E-state index contributed by atoms with van der Waals surface area (Å²) in [7, 11) is 0. The van der Waals surface area contributed by atoms with E-state index in [2.05, 4.69) is 15.0 Å². The monoisotopic (exact) mass is 308 g/mol. The van der Waals surface area contributed by atoms with Crippen molar-refractivity contribution in [3.05, 3.63) is 47.1 Å². The predicted molar refractivity (Wildman–Crippen MR) is 76.0 cm³/mol. The highest BCUT2D eigenvalue weighted by molar-refractivity contribution is 6.30. The zero-order chi connectivity index (χ0) is 15.2. The molecule has 0 aliphatic carbocycles. The lowest BCUT2D eigenvalue weighted by Crippen LogP contribution is -2.12. The Balaban J connectivity index is 2.23. The van der Waals surface area contributed by atoms with Crippen LogP contribution in [0, 0.1) is 6.92 Å².